The minimum absolute atomic E-state index is 0.138. The summed E-state index contributed by atoms with van der Waals surface area (Å²) in [7, 11) is 3.05. The highest BCUT2D eigenvalue weighted by Crippen LogP contribution is 2.35. The molecule has 2 heterocycles. The van der Waals surface area contributed by atoms with Gasteiger partial charge < -0.3 is 19.5 Å². The molecule has 11 heteroatoms. The number of hydrogen-bond donors (Lipinski definition) is 1. The number of carbonyl (C=O) groups excluding carboxylic acids is 1. The largest absolute Gasteiger partial charge is 0.480 e. The number of thiophene rings is 1. The molecule has 0 radical (unpaired) electrons. The van der Waals surface area contributed by atoms with Crippen LogP contribution in [0.25, 0.3) is 10.2 Å². The standard InChI is InChI=1S/C21H22F3N3O4S/c1-12-16-19(30-3)26-15(10-29-2)27-20(16)32-17(12)18(28)25-8-13-4-6-14(7-5-13)9-31-11-21(22,23)24/h4-7H,8-11H2,1-3H3,(H,25,28). The molecule has 172 valence electrons. The van der Waals surface area contributed by atoms with Crippen LogP contribution in [0.4, 0.5) is 13.2 Å². The predicted molar refractivity (Wildman–Crippen MR) is 113 cm³/mol. The van der Waals surface area contributed by atoms with Gasteiger partial charge in [0.1, 0.15) is 18.0 Å². The van der Waals surface area contributed by atoms with Crippen LogP contribution in [0.15, 0.2) is 24.3 Å². The van der Waals surface area contributed by atoms with Gasteiger partial charge in [0.05, 0.1) is 24.0 Å². The van der Waals surface area contributed by atoms with E-state index in [4.69, 9.17) is 9.47 Å². The zero-order valence-corrected chi connectivity index (χ0v) is 18.5. The van der Waals surface area contributed by atoms with E-state index in [1.54, 1.807) is 31.4 Å². The van der Waals surface area contributed by atoms with E-state index < -0.39 is 12.8 Å². The Morgan fingerprint density at radius 2 is 1.78 bits per heavy atom. The molecule has 0 bridgehead atoms. The summed E-state index contributed by atoms with van der Waals surface area (Å²) >= 11 is 1.24. The smallest absolute Gasteiger partial charge is 0.411 e. The second kappa shape index (κ2) is 10.2. The number of halogens is 3. The number of ether oxygens (including phenoxy) is 3. The Labute approximate surface area is 186 Å². The van der Waals surface area contributed by atoms with Gasteiger partial charge in [0.15, 0.2) is 5.82 Å². The van der Waals surface area contributed by atoms with Gasteiger partial charge in [-0.3, -0.25) is 4.79 Å². The predicted octanol–water partition coefficient (Wildman–Crippen LogP) is 4.16. The average Bonchev–Trinajstić information content (AvgIpc) is 3.08. The van der Waals surface area contributed by atoms with Crippen molar-refractivity contribution < 1.29 is 32.2 Å². The maximum Gasteiger partial charge on any atom is 0.411 e. The lowest BCUT2D eigenvalue weighted by atomic mass is 10.1. The van der Waals surface area contributed by atoms with Crippen LogP contribution in [0.5, 0.6) is 5.88 Å². The molecule has 1 N–H and O–H groups in total. The van der Waals surface area contributed by atoms with E-state index in [0.717, 1.165) is 11.1 Å². The van der Waals surface area contributed by atoms with Crippen molar-refractivity contribution in [2.45, 2.75) is 32.9 Å². The summed E-state index contributed by atoms with van der Waals surface area (Å²) in [5.41, 5.74) is 2.14. The van der Waals surface area contributed by atoms with E-state index in [-0.39, 0.29) is 25.7 Å². The molecular formula is C21H22F3N3O4S. The summed E-state index contributed by atoms with van der Waals surface area (Å²) in [6, 6.07) is 6.80. The first kappa shape index (κ1) is 23.9. The maximum absolute atomic E-state index is 12.8. The van der Waals surface area contributed by atoms with Crippen LogP contribution in [-0.4, -0.2) is 42.9 Å². The van der Waals surface area contributed by atoms with Crippen molar-refractivity contribution >= 4 is 27.5 Å². The molecule has 0 atom stereocenters. The van der Waals surface area contributed by atoms with Crippen molar-refractivity contribution in [3.8, 4) is 5.88 Å². The Hall–Kier alpha value is -2.76. The van der Waals surface area contributed by atoms with Crippen molar-refractivity contribution in [3.05, 3.63) is 51.7 Å². The summed E-state index contributed by atoms with van der Waals surface area (Å²) in [6.45, 7) is 0.865. The van der Waals surface area contributed by atoms with Gasteiger partial charge in [-0.1, -0.05) is 24.3 Å². The van der Waals surface area contributed by atoms with E-state index >= 15 is 0 Å². The molecule has 0 spiro atoms. The van der Waals surface area contributed by atoms with E-state index in [9.17, 15) is 18.0 Å². The summed E-state index contributed by atoms with van der Waals surface area (Å²) in [4.78, 5) is 22.7. The van der Waals surface area contributed by atoms with Crippen LogP contribution in [0.2, 0.25) is 0 Å². The first-order chi connectivity index (χ1) is 15.2. The molecule has 32 heavy (non-hydrogen) atoms. The number of hydrogen-bond acceptors (Lipinski definition) is 7. The minimum Gasteiger partial charge on any atom is -0.480 e. The molecule has 2 aromatic heterocycles. The first-order valence-corrected chi connectivity index (χ1v) is 10.4. The van der Waals surface area contributed by atoms with Gasteiger partial charge in [-0.25, -0.2) is 4.98 Å². The third-order valence-corrected chi connectivity index (χ3v) is 5.67. The second-order valence-corrected chi connectivity index (χ2v) is 7.92. The first-order valence-electron chi connectivity index (χ1n) is 9.55. The molecular weight excluding hydrogens is 447 g/mol. The van der Waals surface area contributed by atoms with Gasteiger partial charge in [-0.15, -0.1) is 11.3 Å². The zero-order valence-electron chi connectivity index (χ0n) is 17.7. The highest BCUT2D eigenvalue weighted by Gasteiger charge is 2.27. The van der Waals surface area contributed by atoms with Crippen LogP contribution in [0.3, 0.4) is 0 Å². The number of nitrogens with one attached hydrogen (secondary N) is 1. The summed E-state index contributed by atoms with van der Waals surface area (Å²) in [6.07, 6.45) is -4.35. The number of rotatable bonds is 9. The second-order valence-electron chi connectivity index (χ2n) is 6.93. The van der Waals surface area contributed by atoms with Crippen molar-refractivity contribution in [1.29, 1.82) is 0 Å². The number of benzene rings is 1. The van der Waals surface area contributed by atoms with Crippen LogP contribution in [0, 0.1) is 6.92 Å². The van der Waals surface area contributed by atoms with Gasteiger partial charge >= 0.3 is 6.18 Å². The van der Waals surface area contributed by atoms with E-state index in [2.05, 4.69) is 20.0 Å². The molecule has 3 aromatic rings. The summed E-state index contributed by atoms with van der Waals surface area (Å²) < 4.78 is 51.5. The van der Waals surface area contributed by atoms with Crippen molar-refractivity contribution in [1.82, 2.24) is 15.3 Å². The highest BCUT2D eigenvalue weighted by atomic mass is 32.1. The van der Waals surface area contributed by atoms with Crippen molar-refractivity contribution in [2.24, 2.45) is 0 Å². The minimum atomic E-state index is -4.35. The molecule has 1 aromatic carbocycles. The lowest BCUT2D eigenvalue weighted by molar-refractivity contribution is -0.176. The Morgan fingerprint density at radius 3 is 2.41 bits per heavy atom. The third kappa shape index (κ3) is 5.93. The Bertz CT molecular complexity index is 1080. The topological polar surface area (TPSA) is 82.6 Å². The van der Waals surface area contributed by atoms with Crippen molar-refractivity contribution in [3.63, 3.8) is 0 Å². The number of alkyl halides is 3. The lowest BCUT2D eigenvalue weighted by Crippen LogP contribution is -2.22. The normalized spacial score (nSPS) is 11.7. The molecule has 0 saturated heterocycles. The number of carbonyl (C=O) groups is 1. The number of aromatic nitrogens is 2. The molecule has 0 aliphatic rings. The molecule has 3 rings (SSSR count). The van der Waals surface area contributed by atoms with E-state index in [1.807, 2.05) is 6.92 Å². The monoisotopic (exact) mass is 469 g/mol. The van der Waals surface area contributed by atoms with Crippen LogP contribution < -0.4 is 10.1 Å². The molecule has 0 unspecified atom stereocenters. The zero-order chi connectivity index (χ0) is 23.3. The van der Waals surface area contributed by atoms with E-state index in [0.29, 0.717) is 32.4 Å². The summed E-state index contributed by atoms with van der Waals surface area (Å²) in [5, 5.41) is 3.54. The fourth-order valence-electron chi connectivity index (χ4n) is 3.00. The highest BCUT2D eigenvalue weighted by molar-refractivity contribution is 7.20. The van der Waals surface area contributed by atoms with Crippen LogP contribution >= 0.6 is 11.3 Å². The van der Waals surface area contributed by atoms with Gasteiger partial charge in [0.25, 0.3) is 5.91 Å². The number of nitrogens with zero attached hydrogens (tertiary/aromatic N) is 2. The fraction of sp³-hybridized carbons (Fsp3) is 0.381. The Morgan fingerprint density at radius 1 is 1.09 bits per heavy atom. The Balaban J connectivity index is 1.66. The summed E-state index contributed by atoms with van der Waals surface area (Å²) in [5.74, 6) is 0.584. The van der Waals surface area contributed by atoms with Gasteiger partial charge in [0.2, 0.25) is 5.88 Å². The van der Waals surface area contributed by atoms with Gasteiger partial charge in [0, 0.05) is 13.7 Å². The maximum atomic E-state index is 12.8. The van der Waals surface area contributed by atoms with Crippen LogP contribution in [-0.2, 0) is 29.2 Å². The van der Waals surface area contributed by atoms with Gasteiger partial charge in [-0.2, -0.15) is 18.2 Å². The van der Waals surface area contributed by atoms with E-state index in [1.165, 1.54) is 18.4 Å². The number of amides is 1. The number of aryl methyl sites for hydroxylation is 1. The molecule has 7 nitrogen and oxygen atoms in total. The van der Waals surface area contributed by atoms with Crippen LogP contribution in [0.1, 0.15) is 32.2 Å². The molecule has 0 saturated carbocycles. The average molecular weight is 469 g/mol. The molecule has 1 amide bonds. The number of fused-ring (bicyclic) bond motifs is 1. The molecule has 0 aliphatic carbocycles. The lowest BCUT2D eigenvalue weighted by Gasteiger charge is -2.09. The quantitative estimate of drug-likeness (QED) is 0.507. The Kier molecular flexibility index (Phi) is 7.64. The molecule has 0 aliphatic heterocycles. The van der Waals surface area contributed by atoms with Crippen molar-refractivity contribution in [2.75, 3.05) is 20.8 Å². The SMILES string of the molecule is COCc1nc(OC)c2c(C)c(C(=O)NCc3ccc(COCC(F)(F)F)cc3)sc2n1. The third-order valence-electron chi connectivity index (χ3n) is 4.49. The fourth-order valence-corrected chi connectivity index (χ4v) is 4.11. The molecule has 0 fully saturated rings. The van der Waals surface area contributed by atoms with Gasteiger partial charge in [-0.05, 0) is 23.6 Å². The number of methoxy groups -OCH3 is 2.